The van der Waals surface area contributed by atoms with E-state index in [4.69, 9.17) is 4.84 Å². The number of hydrogen-bond acceptors (Lipinski definition) is 5. The Bertz CT molecular complexity index is 252. The fraction of sp³-hybridized carbons (Fsp3) is 0.667. The van der Waals surface area contributed by atoms with Gasteiger partial charge in [-0.25, -0.2) is 4.79 Å². The Hall–Kier alpha value is -0.910. The van der Waals surface area contributed by atoms with Crippen LogP contribution in [0.3, 0.4) is 0 Å². The van der Waals surface area contributed by atoms with Gasteiger partial charge in [0.2, 0.25) is 11.5 Å². The number of ether oxygens (including phenoxy) is 1. The maximum Gasteiger partial charge on any atom is 0.364 e. The van der Waals surface area contributed by atoms with Gasteiger partial charge in [0.25, 0.3) is 0 Å². The summed E-state index contributed by atoms with van der Waals surface area (Å²) in [6.45, 7) is 4.10. The molecule has 0 spiro atoms. The number of Topliss-reactive ketones (excluding diaryl/α,β-unsaturated/α-hetero) is 1. The lowest BCUT2D eigenvalue weighted by atomic mass is 10.3. The molecule has 0 aliphatic rings. The first-order valence-electron chi connectivity index (χ1n) is 4.63. The van der Waals surface area contributed by atoms with Crippen LogP contribution in [-0.4, -0.2) is 36.0 Å². The second kappa shape index (κ2) is 8.40. The van der Waals surface area contributed by atoms with Gasteiger partial charge in [0, 0.05) is 0 Å². The van der Waals surface area contributed by atoms with Crippen molar-refractivity contribution in [2.24, 2.45) is 5.16 Å². The number of oxime groups is 1. The molecule has 6 heteroatoms. The van der Waals surface area contributed by atoms with E-state index in [0.717, 1.165) is 6.42 Å². The molecular weight excluding hydrogens is 266 g/mol. The lowest BCUT2D eigenvalue weighted by molar-refractivity contribution is -0.135. The van der Waals surface area contributed by atoms with Crippen molar-refractivity contribution in [3.05, 3.63) is 0 Å². The first-order valence-corrected chi connectivity index (χ1v) is 5.75. The summed E-state index contributed by atoms with van der Waals surface area (Å²) in [5.74, 6) is -1.21. The van der Waals surface area contributed by atoms with Crippen LogP contribution in [-0.2, 0) is 19.2 Å². The summed E-state index contributed by atoms with van der Waals surface area (Å²) < 4.78 is 4.67. The molecule has 0 fully saturated rings. The van der Waals surface area contributed by atoms with Crippen LogP contribution in [0.25, 0.3) is 0 Å². The smallest absolute Gasteiger partial charge is 0.364 e. The van der Waals surface area contributed by atoms with Gasteiger partial charge >= 0.3 is 5.97 Å². The molecule has 15 heavy (non-hydrogen) atoms. The van der Waals surface area contributed by atoms with Crippen LogP contribution >= 0.6 is 15.9 Å². The van der Waals surface area contributed by atoms with Crippen molar-refractivity contribution in [3.8, 4) is 0 Å². The van der Waals surface area contributed by atoms with Crippen molar-refractivity contribution in [2.45, 2.75) is 20.3 Å². The van der Waals surface area contributed by atoms with Crippen LogP contribution in [0.4, 0.5) is 0 Å². The zero-order valence-corrected chi connectivity index (χ0v) is 10.4. The zero-order chi connectivity index (χ0) is 11.7. The highest BCUT2D eigenvalue weighted by Crippen LogP contribution is 1.94. The fourth-order valence-electron chi connectivity index (χ4n) is 0.666. The van der Waals surface area contributed by atoms with Crippen molar-refractivity contribution in [1.82, 2.24) is 0 Å². The minimum atomic E-state index is -0.752. The van der Waals surface area contributed by atoms with E-state index < -0.39 is 11.8 Å². The van der Waals surface area contributed by atoms with Crippen LogP contribution in [0.1, 0.15) is 20.3 Å². The number of esters is 1. The monoisotopic (exact) mass is 279 g/mol. The SMILES string of the molecule is CCCO/N=C(/C(=O)CBr)C(=O)OCC. The van der Waals surface area contributed by atoms with E-state index >= 15 is 0 Å². The van der Waals surface area contributed by atoms with E-state index in [9.17, 15) is 9.59 Å². The predicted molar refractivity (Wildman–Crippen MR) is 59.1 cm³/mol. The van der Waals surface area contributed by atoms with Crippen LogP contribution in [0.2, 0.25) is 0 Å². The number of carbonyl (C=O) groups is 2. The molecule has 0 radical (unpaired) electrons. The van der Waals surface area contributed by atoms with Gasteiger partial charge in [-0.1, -0.05) is 28.0 Å². The van der Waals surface area contributed by atoms with E-state index in [-0.39, 0.29) is 17.6 Å². The van der Waals surface area contributed by atoms with E-state index in [1.165, 1.54) is 0 Å². The van der Waals surface area contributed by atoms with Gasteiger partial charge in [0.15, 0.2) is 0 Å². The first-order chi connectivity index (χ1) is 7.17. The number of ketones is 1. The number of halogens is 1. The van der Waals surface area contributed by atoms with Gasteiger partial charge in [0.1, 0.15) is 6.61 Å². The number of hydrogen-bond donors (Lipinski definition) is 0. The van der Waals surface area contributed by atoms with E-state index in [1.54, 1.807) is 6.92 Å². The summed E-state index contributed by atoms with van der Waals surface area (Å²) in [6, 6.07) is 0. The molecule has 0 atom stereocenters. The molecule has 5 nitrogen and oxygen atoms in total. The number of alkyl halides is 1. The summed E-state index contributed by atoms with van der Waals surface area (Å²) >= 11 is 2.95. The fourth-order valence-corrected chi connectivity index (χ4v) is 0.932. The first kappa shape index (κ1) is 14.1. The summed E-state index contributed by atoms with van der Waals surface area (Å²) in [4.78, 5) is 27.3. The molecule has 0 aromatic heterocycles. The Kier molecular flexibility index (Phi) is 7.89. The van der Waals surface area contributed by atoms with E-state index in [1.807, 2.05) is 6.92 Å². The van der Waals surface area contributed by atoms with Gasteiger partial charge in [0.05, 0.1) is 11.9 Å². The molecule has 0 aromatic carbocycles. The molecule has 0 amide bonds. The normalized spacial score (nSPS) is 11.0. The average molecular weight is 280 g/mol. The lowest BCUT2D eigenvalue weighted by Gasteiger charge is -2.03. The Morgan fingerprint density at radius 2 is 2.00 bits per heavy atom. The molecule has 0 saturated heterocycles. The largest absolute Gasteiger partial charge is 0.461 e. The molecule has 86 valence electrons. The molecule has 0 bridgehead atoms. The Labute approximate surface area is 96.9 Å². The molecular formula is C9H14BrNO4. The predicted octanol–water partition coefficient (Wildman–Crippen LogP) is 1.30. The average Bonchev–Trinajstić information content (AvgIpc) is 2.23. The van der Waals surface area contributed by atoms with Gasteiger partial charge in [-0.3, -0.25) is 4.79 Å². The zero-order valence-electron chi connectivity index (χ0n) is 8.79. The number of carbonyl (C=O) groups excluding carboxylic acids is 2. The molecule has 0 aromatic rings. The van der Waals surface area contributed by atoms with Crippen LogP contribution in [0.5, 0.6) is 0 Å². The van der Waals surface area contributed by atoms with Crippen LogP contribution in [0.15, 0.2) is 5.16 Å². The van der Waals surface area contributed by atoms with Crippen LogP contribution in [0, 0.1) is 0 Å². The third-order valence-corrected chi connectivity index (χ3v) is 1.81. The summed E-state index contributed by atoms with van der Waals surface area (Å²) in [5.41, 5.74) is -0.304. The lowest BCUT2D eigenvalue weighted by Crippen LogP contribution is -2.27. The summed E-state index contributed by atoms with van der Waals surface area (Å²) in [5, 5.41) is 3.48. The molecule has 0 rings (SSSR count). The molecule has 0 saturated carbocycles. The number of rotatable bonds is 7. The molecule has 0 aliphatic carbocycles. The third kappa shape index (κ3) is 5.51. The molecule has 0 heterocycles. The topological polar surface area (TPSA) is 65.0 Å². The quantitative estimate of drug-likeness (QED) is 0.176. The van der Waals surface area contributed by atoms with Crippen molar-refractivity contribution in [3.63, 3.8) is 0 Å². The van der Waals surface area contributed by atoms with E-state index in [2.05, 4.69) is 25.8 Å². The van der Waals surface area contributed by atoms with Crippen LogP contribution < -0.4 is 0 Å². The molecule has 0 N–H and O–H groups in total. The van der Waals surface area contributed by atoms with Gasteiger partial charge in [-0.15, -0.1) is 0 Å². The van der Waals surface area contributed by atoms with E-state index in [0.29, 0.717) is 6.61 Å². The Balaban J connectivity index is 4.49. The summed E-state index contributed by atoms with van der Waals surface area (Å²) in [6.07, 6.45) is 0.752. The standard InChI is InChI=1S/C9H14BrNO4/c1-3-5-15-11-8(7(12)6-10)9(13)14-4-2/h3-6H2,1-2H3/b11-8-. The molecule has 0 unspecified atom stereocenters. The summed E-state index contributed by atoms with van der Waals surface area (Å²) in [7, 11) is 0. The Morgan fingerprint density at radius 1 is 1.33 bits per heavy atom. The second-order valence-electron chi connectivity index (χ2n) is 2.55. The van der Waals surface area contributed by atoms with Crippen molar-refractivity contribution >= 4 is 33.4 Å². The van der Waals surface area contributed by atoms with Gasteiger partial charge in [-0.05, 0) is 13.3 Å². The highest BCUT2D eigenvalue weighted by atomic mass is 79.9. The minimum absolute atomic E-state index is 0.0140. The molecule has 0 aliphatic heterocycles. The van der Waals surface area contributed by atoms with Crippen molar-refractivity contribution in [2.75, 3.05) is 18.5 Å². The van der Waals surface area contributed by atoms with Crippen molar-refractivity contribution in [1.29, 1.82) is 0 Å². The Morgan fingerprint density at radius 3 is 2.47 bits per heavy atom. The third-order valence-electron chi connectivity index (χ3n) is 1.31. The maximum atomic E-state index is 11.3. The second-order valence-corrected chi connectivity index (χ2v) is 3.11. The van der Waals surface area contributed by atoms with Crippen molar-refractivity contribution < 1.29 is 19.2 Å². The highest BCUT2D eigenvalue weighted by molar-refractivity contribution is 9.09. The maximum absolute atomic E-state index is 11.3. The minimum Gasteiger partial charge on any atom is -0.461 e. The van der Waals surface area contributed by atoms with Gasteiger partial charge in [-0.2, -0.15) is 0 Å². The van der Waals surface area contributed by atoms with Gasteiger partial charge < -0.3 is 9.57 Å². The number of nitrogens with zero attached hydrogens (tertiary/aromatic N) is 1. The highest BCUT2D eigenvalue weighted by Gasteiger charge is 2.21.